The van der Waals surface area contributed by atoms with E-state index in [2.05, 4.69) is 62.3 Å². The standard InChI is InChI=1S/C46H52F2N8O4/c1-27-16-34-32-4-2-3-5-35(32)50-42(34)43(55(27)25-39(47)48)29-6-8-40(49-21-29)53-12-10-46(11-13-53)19-28(20-46)22-52-14-15-54-31(24-52)26-60-38-18-33-30(17-37(38)54)23-56(45(33)59)36-7-9-41(57)51-44(36)58/h2-6,8,17-18,21,27-28,31,36,39,43,50H,7,9-16,19-20,22-26H2,1H3,(H,51,57,58)/t27-,31+,36+,43-/m1/s1. The Morgan fingerprint density at radius 1 is 1.00 bits per heavy atom. The third-order valence-corrected chi connectivity index (χ3v) is 15.0. The molecular formula is C46H52F2N8O4. The summed E-state index contributed by atoms with van der Waals surface area (Å²) in [6.45, 7) is 8.58. The first kappa shape index (κ1) is 37.9. The van der Waals surface area contributed by atoms with Gasteiger partial charge in [0.2, 0.25) is 11.8 Å². The molecule has 1 saturated carbocycles. The Hall–Kier alpha value is -5.08. The minimum absolute atomic E-state index is 0.0264. The number of benzene rings is 2. The van der Waals surface area contributed by atoms with E-state index in [9.17, 15) is 23.2 Å². The second kappa shape index (κ2) is 14.5. The van der Waals surface area contributed by atoms with Crippen molar-refractivity contribution in [2.24, 2.45) is 11.3 Å². The maximum Gasteiger partial charge on any atom is 0.255 e. The maximum absolute atomic E-state index is 13.9. The summed E-state index contributed by atoms with van der Waals surface area (Å²) in [5, 5.41) is 3.56. The Labute approximate surface area is 348 Å². The number of rotatable bonds is 7. The van der Waals surface area contributed by atoms with Gasteiger partial charge in [-0.25, -0.2) is 13.8 Å². The molecule has 314 valence electrons. The Bertz CT molecular complexity index is 2350. The van der Waals surface area contributed by atoms with Gasteiger partial charge in [-0.05, 0) is 97.7 Å². The maximum atomic E-state index is 13.9. The molecule has 1 aliphatic carbocycles. The predicted octanol–water partition coefficient (Wildman–Crippen LogP) is 5.50. The van der Waals surface area contributed by atoms with Gasteiger partial charge in [-0.2, -0.15) is 0 Å². The summed E-state index contributed by atoms with van der Waals surface area (Å²) < 4.78 is 34.1. The third kappa shape index (κ3) is 6.43. The van der Waals surface area contributed by atoms with Crippen LogP contribution >= 0.6 is 0 Å². The molecule has 14 heteroatoms. The van der Waals surface area contributed by atoms with Crippen LogP contribution in [0, 0.1) is 11.3 Å². The lowest BCUT2D eigenvalue weighted by atomic mass is 9.57. The van der Waals surface area contributed by atoms with E-state index < -0.39 is 18.4 Å². The SMILES string of the molecule is C[C@@H]1Cc2c([nH]c3ccccc23)[C@@H](c2ccc(N3CCC4(CC3)CC(CN3CCN5c6cc7c(cc6OC[C@@H]5C3)C(=O)N([C@H]3CCC(=O)NC3=O)C7)C4)nc2)N1CC(F)F. The second-order valence-electron chi connectivity index (χ2n) is 18.6. The number of amides is 3. The number of para-hydroxylation sites is 1. The topological polar surface area (TPSA) is 117 Å². The number of aromatic nitrogens is 2. The summed E-state index contributed by atoms with van der Waals surface area (Å²) in [5.74, 6) is 1.52. The zero-order valence-corrected chi connectivity index (χ0v) is 34.0. The number of fused-ring (bicyclic) bond motifs is 7. The fraction of sp³-hybridized carbons (Fsp3) is 0.522. The van der Waals surface area contributed by atoms with Crippen LogP contribution in [0.25, 0.3) is 10.9 Å². The van der Waals surface area contributed by atoms with Crippen LogP contribution in [-0.2, 0) is 22.6 Å². The molecule has 12 nitrogen and oxygen atoms in total. The molecule has 4 aromatic rings. The van der Waals surface area contributed by atoms with Crippen LogP contribution < -0.4 is 19.9 Å². The average molecular weight is 819 g/mol. The normalized spacial score (nSPS) is 26.8. The van der Waals surface area contributed by atoms with Crippen LogP contribution in [0.5, 0.6) is 5.75 Å². The van der Waals surface area contributed by atoms with Gasteiger partial charge in [0, 0.05) is 86.6 Å². The number of pyridine rings is 1. The first-order valence-corrected chi connectivity index (χ1v) is 21.9. The number of H-pyrrole nitrogens is 1. The van der Waals surface area contributed by atoms with Crippen LogP contribution in [0.3, 0.4) is 0 Å². The van der Waals surface area contributed by atoms with Gasteiger partial charge in [-0.3, -0.25) is 29.5 Å². The van der Waals surface area contributed by atoms with Gasteiger partial charge in [-0.15, -0.1) is 0 Å². The number of piperazine rings is 1. The molecule has 7 aliphatic rings. The Morgan fingerprint density at radius 2 is 1.83 bits per heavy atom. The van der Waals surface area contributed by atoms with E-state index in [1.54, 1.807) is 4.90 Å². The van der Waals surface area contributed by atoms with E-state index in [4.69, 9.17) is 9.72 Å². The highest BCUT2D eigenvalue weighted by atomic mass is 19.3. The van der Waals surface area contributed by atoms with Crippen molar-refractivity contribution >= 4 is 40.1 Å². The Kier molecular flexibility index (Phi) is 9.18. The van der Waals surface area contributed by atoms with E-state index in [1.807, 2.05) is 29.3 Å². The molecule has 2 aromatic carbocycles. The van der Waals surface area contributed by atoms with Crippen molar-refractivity contribution in [1.82, 2.24) is 30.0 Å². The average Bonchev–Trinajstić information content (AvgIpc) is 3.76. The highest BCUT2D eigenvalue weighted by Gasteiger charge is 2.47. The number of nitrogens with zero attached hydrogens (tertiary/aromatic N) is 6. The number of alkyl halides is 2. The van der Waals surface area contributed by atoms with Crippen molar-refractivity contribution in [1.29, 1.82) is 0 Å². The summed E-state index contributed by atoms with van der Waals surface area (Å²) in [4.78, 5) is 57.2. The first-order valence-electron chi connectivity index (χ1n) is 21.9. The van der Waals surface area contributed by atoms with Crippen molar-refractivity contribution in [3.05, 3.63) is 82.7 Å². The second-order valence-corrected chi connectivity index (χ2v) is 18.6. The summed E-state index contributed by atoms with van der Waals surface area (Å²) in [7, 11) is 0. The van der Waals surface area contributed by atoms with E-state index in [0.717, 1.165) is 98.1 Å². The molecule has 1 spiro atoms. The Balaban J connectivity index is 0.690. The van der Waals surface area contributed by atoms with Crippen molar-refractivity contribution in [2.75, 3.05) is 62.2 Å². The number of nitrogens with one attached hydrogen (secondary N) is 2. The van der Waals surface area contributed by atoms with Crippen molar-refractivity contribution in [3.63, 3.8) is 0 Å². The molecule has 2 N–H and O–H groups in total. The molecule has 0 bridgehead atoms. The van der Waals surface area contributed by atoms with Crippen LogP contribution in [0.4, 0.5) is 20.3 Å². The summed E-state index contributed by atoms with van der Waals surface area (Å²) in [5.41, 5.74) is 7.14. The van der Waals surface area contributed by atoms with Crippen LogP contribution in [0.15, 0.2) is 54.7 Å². The zero-order valence-electron chi connectivity index (χ0n) is 34.0. The summed E-state index contributed by atoms with van der Waals surface area (Å²) >= 11 is 0. The number of piperidine rings is 2. The fourth-order valence-electron chi connectivity index (χ4n) is 12.0. The van der Waals surface area contributed by atoms with Crippen molar-refractivity contribution < 1.29 is 27.9 Å². The molecule has 4 fully saturated rings. The van der Waals surface area contributed by atoms with Gasteiger partial charge in [0.1, 0.15) is 24.2 Å². The summed E-state index contributed by atoms with van der Waals surface area (Å²) in [6.07, 6.45) is 5.63. The molecule has 3 saturated heterocycles. The lowest BCUT2D eigenvalue weighted by Gasteiger charge is -2.54. The van der Waals surface area contributed by atoms with Gasteiger partial charge in [0.15, 0.2) is 0 Å². The number of ether oxygens (including phenoxy) is 1. The molecule has 3 amide bonds. The van der Waals surface area contributed by atoms with Gasteiger partial charge in [0.05, 0.1) is 24.3 Å². The molecule has 6 aliphatic heterocycles. The molecule has 4 atom stereocenters. The van der Waals surface area contributed by atoms with Gasteiger partial charge in [0.25, 0.3) is 12.3 Å². The monoisotopic (exact) mass is 818 g/mol. The fourth-order valence-corrected chi connectivity index (χ4v) is 12.0. The van der Waals surface area contributed by atoms with E-state index >= 15 is 0 Å². The minimum Gasteiger partial charge on any atom is -0.489 e. The lowest BCUT2D eigenvalue weighted by Crippen LogP contribution is -2.59. The number of imide groups is 1. The number of anilines is 2. The number of carbonyl (C=O) groups is 3. The van der Waals surface area contributed by atoms with Crippen LogP contribution in [0.2, 0.25) is 0 Å². The molecule has 8 heterocycles. The van der Waals surface area contributed by atoms with Gasteiger partial charge >= 0.3 is 0 Å². The number of aromatic amines is 1. The highest BCUT2D eigenvalue weighted by Crippen LogP contribution is 2.53. The molecule has 11 rings (SSSR count). The molecule has 2 aromatic heterocycles. The molecule has 0 unspecified atom stereocenters. The highest BCUT2D eigenvalue weighted by molar-refractivity contribution is 6.06. The zero-order chi connectivity index (χ0) is 40.9. The smallest absolute Gasteiger partial charge is 0.255 e. The summed E-state index contributed by atoms with van der Waals surface area (Å²) in [6, 6.07) is 15.6. The minimum atomic E-state index is -2.42. The Morgan fingerprint density at radius 3 is 2.62 bits per heavy atom. The lowest BCUT2D eigenvalue weighted by molar-refractivity contribution is -0.136. The predicted molar refractivity (Wildman–Crippen MR) is 222 cm³/mol. The van der Waals surface area contributed by atoms with E-state index in [-0.39, 0.29) is 42.9 Å². The quantitative estimate of drug-likeness (QED) is 0.233. The van der Waals surface area contributed by atoms with Gasteiger partial charge in [-0.1, -0.05) is 24.3 Å². The van der Waals surface area contributed by atoms with E-state index in [0.29, 0.717) is 36.5 Å². The molecule has 60 heavy (non-hydrogen) atoms. The number of halogens is 2. The van der Waals surface area contributed by atoms with Gasteiger partial charge < -0.3 is 24.4 Å². The number of hydrogen-bond acceptors (Lipinski definition) is 9. The molecule has 0 radical (unpaired) electrons. The number of hydrogen-bond donors (Lipinski definition) is 2. The van der Waals surface area contributed by atoms with E-state index in [1.165, 1.54) is 23.8 Å². The third-order valence-electron chi connectivity index (χ3n) is 15.0. The van der Waals surface area contributed by atoms with Crippen molar-refractivity contribution in [3.8, 4) is 5.75 Å². The first-order chi connectivity index (χ1) is 29.1. The molecular weight excluding hydrogens is 767 g/mol. The van der Waals surface area contributed by atoms with Crippen LogP contribution in [-0.4, -0.2) is 119 Å². The largest absolute Gasteiger partial charge is 0.489 e. The van der Waals surface area contributed by atoms with Crippen LogP contribution in [0.1, 0.15) is 84.2 Å². The number of carbonyl (C=O) groups excluding carboxylic acids is 3. The van der Waals surface area contributed by atoms with Crippen molar-refractivity contribution in [2.45, 2.75) is 89.0 Å².